The van der Waals surface area contributed by atoms with Gasteiger partial charge in [0.1, 0.15) is 0 Å². The first-order valence-corrected chi connectivity index (χ1v) is 9.42. The van der Waals surface area contributed by atoms with Gasteiger partial charge in [0.05, 0.1) is 4.90 Å². The van der Waals surface area contributed by atoms with Gasteiger partial charge in [-0.15, -0.1) is 0 Å². The summed E-state index contributed by atoms with van der Waals surface area (Å²) in [5.74, 6) is -0.162. The van der Waals surface area contributed by atoms with Crippen LogP contribution in [-0.4, -0.2) is 26.9 Å². The number of carbonyl (C=O) groups excluding carboxylic acids is 1. The van der Waals surface area contributed by atoms with Crippen molar-refractivity contribution in [3.63, 3.8) is 0 Å². The topological polar surface area (TPSA) is 75.3 Å². The first kappa shape index (κ1) is 17.7. The molecule has 6 heteroatoms. The summed E-state index contributed by atoms with van der Waals surface area (Å²) in [7, 11) is -3.44. The summed E-state index contributed by atoms with van der Waals surface area (Å²) in [6, 6.07) is 6.88. The van der Waals surface area contributed by atoms with Crippen LogP contribution < -0.4 is 10.0 Å². The van der Waals surface area contributed by atoms with Crippen molar-refractivity contribution in [1.29, 1.82) is 0 Å². The first-order valence-electron chi connectivity index (χ1n) is 7.93. The highest BCUT2D eigenvalue weighted by atomic mass is 32.2. The Bertz CT molecular complexity index is 660. The van der Waals surface area contributed by atoms with Crippen LogP contribution >= 0.6 is 0 Å². The fraction of sp³-hybridized carbons (Fsp3) is 0.471. The molecule has 1 aromatic rings. The summed E-state index contributed by atoms with van der Waals surface area (Å²) in [6.45, 7) is 5.73. The van der Waals surface area contributed by atoms with Crippen LogP contribution in [0.15, 0.2) is 41.3 Å². The van der Waals surface area contributed by atoms with Gasteiger partial charge in [-0.3, -0.25) is 4.79 Å². The molecule has 1 aromatic carbocycles. The molecular formula is C17H24N2O3S. The minimum absolute atomic E-state index is 0.0667. The molecule has 1 aliphatic rings. The smallest absolute Gasteiger partial charge is 0.246 e. The molecule has 1 aliphatic carbocycles. The molecule has 1 amide bonds. The Labute approximate surface area is 138 Å². The number of hydrogen-bond acceptors (Lipinski definition) is 3. The van der Waals surface area contributed by atoms with Gasteiger partial charge in [-0.05, 0) is 43.9 Å². The lowest BCUT2D eigenvalue weighted by Gasteiger charge is -2.13. The maximum absolute atomic E-state index is 12.3. The predicted molar refractivity (Wildman–Crippen MR) is 90.5 cm³/mol. The summed E-state index contributed by atoms with van der Waals surface area (Å²) in [5.41, 5.74) is 1.45. The molecule has 0 bridgehead atoms. The Hall–Kier alpha value is -1.66. The third kappa shape index (κ3) is 5.18. The third-order valence-electron chi connectivity index (χ3n) is 4.00. The zero-order valence-electron chi connectivity index (χ0n) is 13.5. The zero-order valence-corrected chi connectivity index (χ0v) is 14.3. The largest absolute Gasteiger partial charge is 0.352 e. The normalized spacial score (nSPS) is 15.5. The summed E-state index contributed by atoms with van der Waals surface area (Å²) in [4.78, 5) is 11.7. The lowest BCUT2D eigenvalue weighted by atomic mass is 10.1. The van der Waals surface area contributed by atoms with Gasteiger partial charge < -0.3 is 5.32 Å². The number of carbonyl (C=O) groups is 1. The molecule has 0 unspecified atom stereocenters. The van der Waals surface area contributed by atoms with Gasteiger partial charge >= 0.3 is 0 Å². The van der Waals surface area contributed by atoms with Gasteiger partial charge in [-0.25, -0.2) is 13.1 Å². The molecule has 23 heavy (non-hydrogen) atoms. The lowest BCUT2D eigenvalue weighted by Crippen LogP contribution is -2.32. The van der Waals surface area contributed by atoms with Crippen molar-refractivity contribution in [3.05, 3.63) is 42.0 Å². The number of amides is 1. The summed E-state index contributed by atoms with van der Waals surface area (Å²) in [6.07, 6.45) is 4.65. The van der Waals surface area contributed by atoms with Crippen molar-refractivity contribution in [2.75, 3.05) is 6.54 Å². The summed E-state index contributed by atoms with van der Waals surface area (Å²) >= 11 is 0. The van der Waals surface area contributed by atoms with Crippen LogP contribution in [0.4, 0.5) is 0 Å². The van der Waals surface area contributed by atoms with E-state index >= 15 is 0 Å². The van der Waals surface area contributed by atoms with Crippen molar-refractivity contribution in [1.82, 2.24) is 10.0 Å². The molecular weight excluding hydrogens is 312 g/mol. The number of nitrogens with one attached hydrogen (secondary N) is 2. The van der Waals surface area contributed by atoms with Crippen LogP contribution in [0, 0.1) is 0 Å². The molecule has 126 valence electrons. The van der Waals surface area contributed by atoms with E-state index in [4.69, 9.17) is 0 Å². The Morgan fingerprint density at radius 1 is 1.22 bits per heavy atom. The van der Waals surface area contributed by atoms with Crippen molar-refractivity contribution in [2.24, 2.45) is 0 Å². The molecule has 0 saturated heterocycles. The second kappa shape index (κ2) is 7.75. The Morgan fingerprint density at radius 3 is 2.39 bits per heavy atom. The Morgan fingerprint density at radius 2 is 1.83 bits per heavy atom. The van der Waals surface area contributed by atoms with Gasteiger partial charge in [0.15, 0.2) is 0 Å². The highest BCUT2D eigenvalue weighted by molar-refractivity contribution is 7.89. The van der Waals surface area contributed by atoms with E-state index in [0.717, 1.165) is 31.2 Å². The monoisotopic (exact) mass is 336 g/mol. The average Bonchev–Trinajstić information content (AvgIpc) is 2.99. The number of benzene rings is 1. The van der Waals surface area contributed by atoms with Crippen LogP contribution in [0.2, 0.25) is 0 Å². The van der Waals surface area contributed by atoms with Crippen LogP contribution in [0.5, 0.6) is 0 Å². The highest BCUT2D eigenvalue weighted by Gasteiger charge is 2.22. The quantitative estimate of drug-likeness (QED) is 0.749. The van der Waals surface area contributed by atoms with E-state index in [0.29, 0.717) is 23.4 Å². The third-order valence-corrected chi connectivity index (χ3v) is 5.53. The second-order valence-corrected chi connectivity index (χ2v) is 7.75. The van der Waals surface area contributed by atoms with E-state index in [9.17, 15) is 13.2 Å². The van der Waals surface area contributed by atoms with E-state index in [1.54, 1.807) is 31.2 Å². The standard InChI is InChI=1S/C17H24N2O3S/c1-13(2)17(20)18-12-11-14-7-9-16(10-8-14)23(21,22)19-15-5-3-4-6-15/h7-10,15,19H,1,3-6,11-12H2,2H3,(H,18,20). The second-order valence-electron chi connectivity index (χ2n) is 6.03. The fourth-order valence-corrected chi connectivity index (χ4v) is 3.94. The van der Waals surface area contributed by atoms with Crippen LogP contribution in [0.25, 0.3) is 0 Å². The molecule has 0 heterocycles. The van der Waals surface area contributed by atoms with Gasteiger partial charge in [0, 0.05) is 18.2 Å². The number of sulfonamides is 1. The van der Waals surface area contributed by atoms with Crippen LogP contribution in [-0.2, 0) is 21.2 Å². The lowest BCUT2D eigenvalue weighted by molar-refractivity contribution is -0.117. The van der Waals surface area contributed by atoms with E-state index < -0.39 is 10.0 Å². The molecule has 1 saturated carbocycles. The SMILES string of the molecule is C=C(C)C(=O)NCCc1ccc(S(=O)(=O)NC2CCCC2)cc1. The van der Waals surface area contributed by atoms with Crippen LogP contribution in [0.3, 0.4) is 0 Å². The highest BCUT2D eigenvalue weighted by Crippen LogP contribution is 2.20. The molecule has 0 spiro atoms. The molecule has 0 radical (unpaired) electrons. The summed E-state index contributed by atoms with van der Waals surface area (Å²) < 4.78 is 27.4. The molecule has 2 N–H and O–H groups in total. The molecule has 5 nitrogen and oxygen atoms in total. The molecule has 1 fully saturated rings. The first-order chi connectivity index (χ1) is 10.9. The molecule has 2 rings (SSSR count). The van der Waals surface area contributed by atoms with Crippen LogP contribution in [0.1, 0.15) is 38.2 Å². The Balaban J connectivity index is 1.90. The summed E-state index contributed by atoms with van der Waals surface area (Å²) in [5, 5.41) is 2.75. The maximum atomic E-state index is 12.3. The van der Waals surface area contributed by atoms with Gasteiger partial charge in [-0.1, -0.05) is 31.6 Å². The average molecular weight is 336 g/mol. The molecule has 0 aliphatic heterocycles. The predicted octanol–water partition coefficient (Wildman–Crippen LogP) is 2.14. The van der Waals surface area contributed by atoms with Crippen molar-refractivity contribution < 1.29 is 13.2 Å². The zero-order chi connectivity index (χ0) is 16.9. The van der Waals surface area contributed by atoms with Crippen molar-refractivity contribution in [3.8, 4) is 0 Å². The van der Waals surface area contributed by atoms with E-state index in [1.165, 1.54) is 0 Å². The van der Waals surface area contributed by atoms with Gasteiger partial charge in [-0.2, -0.15) is 0 Å². The minimum atomic E-state index is -3.44. The number of hydrogen-bond donors (Lipinski definition) is 2. The van der Waals surface area contributed by atoms with E-state index in [1.807, 2.05) is 0 Å². The minimum Gasteiger partial charge on any atom is -0.352 e. The van der Waals surface area contributed by atoms with Crippen molar-refractivity contribution >= 4 is 15.9 Å². The molecule has 0 atom stereocenters. The Kier molecular flexibility index (Phi) is 5.96. The van der Waals surface area contributed by atoms with E-state index in [-0.39, 0.29) is 11.9 Å². The van der Waals surface area contributed by atoms with E-state index in [2.05, 4.69) is 16.6 Å². The van der Waals surface area contributed by atoms with Crippen molar-refractivity contribution in [2.45, 2.75) is 50.0 Å². The fourth-order valence-electron chi connectivity index (χ4n) is 2.64. The number of rotatable bonds is 7. The molecule has 0 aromatic heterocycles. The van der Waals surface area contributed by atoms with Gasteiger partial charge in [0.2, 0.25) is 15.9 Å². The van der Waals surface area contributed by atoms with Gasteiger partial charge in [0.25, 0.3) is 0 Å². The maximum Gasteiger partial charge on any atom is 0.246 e.